The number of carbonyl (C=O) groups excluding carboxylic acids is 1. The Morgan fingerprint density at radius 1 is 1.21 bits per heavy atom. The summed E-state index contributed by atoms with van der Waals surface area (Å²) in [6, 6.07) is 2.52. The molecule has 29 heavy (non-hydrogen) atoms. The summed E-state index contributed by atoms with van der Waals surface area (Å²) in [5.74, 6) is 0.226. The predicted molar refractivity (Wildman–Crippen MR) is 116 cm³/mol. The molecule has 1 unspecified atom stereocenters. The Labute approximate surface area is 183 Å². The number of carbonyl (C=O) groups is 1. The number of hydrogen-bond acceptors (Lipinski definition) is 4. The second-order valence-electron chi connectivity index (χ2n) is 8.85. The zero-order chi connectivity index (χ0) is 21.4. The van der Waals surface area contributed by atoms with Crippen LogP contribution in [0.1, 0.15) is 56.8 Å². The molecular formula is C20H29Cl2N3O3S. The molecule has 0 radical (unpaired) electrons. The Morgan fingerprint density at radius 2 is 1.90 bits per heavy atom. The normalized spacial score (nSPS) is 21.2. The number of rotatable bonds is 7. The highest BCUT2D eigenvalue weighted by Crippen LogP contribution is 2.31. The van der Waals surface area contributed by atoms with Crippen molar-refractivity contribution < 1.29 is 13.2 Å². The number of sulfonamides is 1. The number of likely N-dealkylation sites (tertiary alicyclic amines) is 1. The Hall–Kier alpha value is -0.860. The molecule has 0 spiro atoms. The number of hydrogen-bond donors (Lipinski definition) is 2. The zero-order valence-corrected chi connectivity index (χ0v) is 19.4. The molecule has 2 aliphatic rings. The summed E-state index contributed by atoms with van der Waals surface area (Å²) < 4.78 is 27.7. The summed E-state index contributed by atoms with van der Waals surface area (Å²) in [6.45, 7) is 8.88. The van der Waals surface area contributed by atoms with Gasteiger partial charge in [0.25, 0.3) is 5.91 Å². The minimum atomic E-state index is -3.80. The average Bonchev–Trinajstić information content (AvgIpc) is 3.43. The van der Waals surface area contributed by atoms with Crippen LogP contribution in [-0.4, -0.2) is 50.4 Å². The Bertz CT molecular complexity index is 885. The molecule has 0 aromatic heterocycles. The van der Waals surface area contributed by atoms with E-state index in [1.807, 2.05) is 0 Å². The molecule has 1 aromatic carbocycles. The van der Waals surface area contributed by atoms with Crippen molar-refractivity contribution in [1.29, 1.82) is 0 Å². The maximum atomic E-state index is 12.8. The molecule has 1 aliphatic carbocycles. The van der Waals surface area contributed by atoms with E-state index in [0.717, 1.165) is 32.4 Å². The van der Waals surface area contributed by atoms with Gasteiger partial charge in [0, 0.05) is 24.7 Å². The van der Waals surface area contributed by atoms with E-state index < -0.39 is 15.9 Å². The quantitative estimate of drug-likeness (QED) is 0.648. The highest BCUT2D eigenvalue weighted by Gasteiger charge is 2.32. The lowest BCUT2D eigenvalue weighted by Crippen LogP contribution is -2.54. The van der Waals surface area contributed by atoms with Crippen molar-refractivity contribution in [3.05, 3.63) is 27.7 Å². The van der Waals surface area contributed by atoms with Crippen LogP contribution in [0.5, 0.6) is 0 Å². The third-order valence-corrected chi connectivity index (χ3v) is 7.95. The van der Waals surface area contributed by atoms with Crippen LogP contribution in [0.3, 0.4) is 0 Å². The molecule has 2 N–H and O–H groups in total. The first-order valence-electron chi connectivity index (χ1n) is 10.0. The van der Waals surface area contributed by atoms with Gasteiger partial charge in [-0.3, -0.25) is 9.69 Å². The van der Waals surface area contributed by atoms with Gasteiger partial charge >= 0.3 is 0 Å². The van der Waals surface area contributed by atoms with Gasteiger partial charge in [-0.25, -0.2) is 13.1 Å². The maximum absolute atomic E-state index is 12.8. The van der Waals surface area contributed by atoms with Gasteiger partial charge in [-0.2, -0.15) is 0 Å². The molecule has 2 fully saturated rings. The first kappa shape index (κ1) is 22.8. The molecule has 1 aliphatic heterocycles. The minimum Gasteiger partial charge on any atom is -0.350 e. The number of piperidine rings is 1. The smallest absolute Gasteiger partial charge is 0.252 e. The lowest BCUT2D eigenvalue weighted by Gasteiger charge is -2.43. The molecule has 1 saturated heterocycles. The molecule has 1 saturated carbocycles. The van der Waals surface area contributed by atoms with Crippen LogP contribution < -0.4 is 10.0 Å². The Kier molecular flexibility index (Phi) is 6.85. The van der Waals surface area contributed by atoms with Crippen molar-refractivity contribution in [2.24, 2.45) is 5.92 Å². The third-order valence-electron chi connectivity index (χ3n) is 5.65. The van der Waals surface area contributed by atoms with Gasteiger partial charge in [0.2, 0.25) is 10.0 Å². The van der Waals surface area contributed by atoms with E-state index in [4.69, 9.17) is 23.2 Å². The molecular weight excluding hydrogens is 433 g/mol. The van der Waals surface area contributed by atoms with Gasteiger partial charge < -0.3 is 5.32 Å². The summed E-state index contributed by atoms with van der Waals surface area (Å²) in [5.41, 5.74) is -0.110. The molecule has 1 aromatic rings. The van der Waals surface area contributed by atoms with Gasteiger partial charge in [0.1, 0.15) is 4.90 Å². The number of benzene rings is 1. The Morgan fingerprint density at radius 3 is 2.52 bits per heavy atom. The van der Waals surface area contributed by atoms with Crippen molar-refractivity contribution in [1.82, 2.24) is 14.9 Å². The number of nitrogens with zero attached hydrogens (tertiary/aromatic N) is 1. The van der Waals surface area contributed by atoms with Crippen molar-refractivity contribution in [3.8, 4) is 0 Å². The first-order valence-corrected chi connectivity index (χ1v) is 12.3. The van der Waals surface area contributed by atoms with Gasteiger partial charge in [-0.05, 0) is 64.1 Å². The molecule has 6 nitrogen and oxygen atoms in total. The molecule has 3 rings (SSSR count). The van der Waals surface area contributed by atoms with Crippen LogP contribution in [0.4, 0.5) is 0 Å². The monoisotopic (exact) mass is 461 g/mol. The average molecular weight is 462 g/mol. The van der Waals surface area contributed by atoms with Crippen molar-refractivity contribution in [2.45, 2.75) is 62.9 Å². The first-order chi connectivity index (χ1) is 13.5. The number of amides is 1. The SMILES string of the molecule is CC1CCCN(C(C)(C)CNC(=O)c2cc(S(=O)(=O)NC3CC3)c(Cl)cc2Cl)C1. The highest BCUT2D eigenvalue weighted by atomic mass is 35.5. The van der Waals surface area contributed by atoms with Crippen LogP contribution in [0.25, 0.3) is 0 Å². The fraction of sp³-hybridized carbons (Fsp3) is 0.650. The minimum absolute atomic E-state index is 0.00216. The van der Waals surface area contributed by atoms with Crippen LogP contribution in [0.2, 0.25) is 10.0 Å². The van der Waals surface area contributed by atoms with E-state index in [9.17, 15) is 13.2 Å². The summed E-state index contributed by atoms with van der Waals surface area (Å²) in [7, 11) is -3.80. The number of nitrogens with one attached hydrogen (secondary N) is 2. The molecule has 1 amide bonds. The largest absolute Gasteiger partial charge is 0.350 e. The number of halogens is 2. The molecule has 0 bridgehead atoms. The predicted octanol–water partition coefficient (Wildman–Crippen LogP) is 3.67. The molecule has 9 heteroatoms. The summed E-state index contributed by atoms with van der Waals surface area (Å²) in [6.07, 6.45) is 3.99. The van der Waals surface area contributed by atoms with Crippen LogP contribution in [0, 0.1) is 5.92 Å². The summed E-state index contributed by atoms with van der Waals surface area (Å²) in [4.78, 5) is 15.1. The lowest BCUT2D eigenvalue weighted by molar-refractivity contribution is 0.0657. The topological polar surface area (TPSA) is 78.5 Å². The second kappa shape index (κ2) is 8.71. The van der Waals surface area contributed by atoms with E-state index in [2.05, 4.69) is 35.7 Å². The second-order valence-corrected chi connectivity index (χ2v) is 11.3. The van der Waals surface area contributed by atoms with Gasteiger partial charge in [-0.1, -0.05) is 30.1 Å². The van der Waals surface area contributed by atoms with Gasteiger partial charge in [-0.15, -0.1) is 0 Å². The van der Waals surface area contributed by atoms with Crippen molar-refractivity contribution >= 4 is 39.1 Å². The third kappa shape index (κ3) is 5.64. The summed E-state index contributed by atoms with van der Waals surface area (Å²) >= 11 is 12.3. The highest BCUT2D eigenvalue weighted by molar-refractivity contribution is 7.89. The van der Waals surface area contributed by atoms with Crippen molar-refractivity contribution in [2.75, 3.05) is 19.6 Å². The van der Waals surface area contributed by atoms with E-state index in [1.165, 1.54) is 18.6 Å². The molecule has 1 heterocycles. The van der Waals surface area contributed by atoms with E-state index in [1.54, 1.807) is 0 Å². The van der Waals surface area contributed by atoms with E-state index in [0.29, 0.717) is 12.5 Å². The summed E-state index contributed by atoms with van der Waals surface area (Å²) in [5, 5.41) is 3.05. The fourth-order valence-corrected chi connectivity index (χ4v) is 5.80. The van der Waals surface area contributed by atoms with Crippen LogP contribution >= 0.6 is 23.2 Å². The zero-order valence-electron chi connectivity index (χ0n) is 17.1. The lowest BCUT2D eigenvalue weighted by atomic mass is 9.93. The van der Waals surface area contributed by atoms with E-state index >= 15 is 0 Å². The molecule has 1 atom stereocenters. The maximum Gasteiger partial charge on any atom is 0.252 e. The Balaban J connectivity index is 1.74. The van der Waals surface area contributed by atoms with Gasteiger partial charge in [0.05, 0.1) is 15.6 Å². The van der Waals surface area contributed by atoms with Gasteiger partial charge in [0.15, 0.2) is 0 Å². The standard InChI is InChI=1S/C20H29Cl2N3O3S/c1-13-5-4-8-25(11-13)20(2,3)12-23-19(26)15-9-18(17(22)10-16(15)21)29(27,28)24-14-6-7-14/h9-10,13-14,24H,4-8,11-12H2,1-3H3,(H,23,26). The van der Waals surface area contributed by atoms with Crippen LogP contribution in [-0.2, 0) is 10.0 Å². The molecule has 162 valence electrons. The van der Waals surface area contributed by atoms with Crippen LogP contribution in [0.15, 0.2) is 17.0 Å². The van der Waals surface area contributed by atoms with E-state index in [-0.39, 0.29) is 32.1 Å². The van der Waals surface area contributed by atoms with Crippen molar-refractivity contribution in [3.63, 3.8) is 0 Å². The fourth-order valence-electron chi connectivity index (χ4n) is 3.64.